The number of nitrogens with two attached hydrogens (primary N) is 1. The molecule has 12 nitrogen and oxygen atoms in total. The van der Waals surface area contributed by atoms with Gasteiger partial charge < -0.3 is 15.4 Å². The highest BCUT2D eigenvalue weighted by Gasteiger charge is 2.19. The van der Waals surface area contributed by atoms with Crippen LogP contribution in [0.5, 0.6) is 5.75 Å². The van der Waals surface area contributed by atoms with Gasteiger partial charge in [0.25, 0.3) is 20.2 Å². The van der Waals surface area contributed by atoms with Crippen LogP contribution >= 0.6 is 0 Å². The Hall–Kier alpha value is -2.95. The Bertz CT molecular complexity index is 1480. The molecule has 0 amide bonds. The van der Waals surface area contributed by atoms with Gasteiger partial charge in [0.1, 0.15) is 22.0 Å². The first-order chi connectivity index (χ1) is 14.3. The van der Waals surface area contributed by atoms with Crippen LogP contribution < -0.4 is 5.73 Å². The molecule has 3 aromatic carbocycles. The van der Waals surface area contributed by atoms with Crippen molar-refractivity contribution < 1.29 is 39.8 Å². The molecule has 0 saturated carbocycles. The van der Waals surface area contributed by atoms with Gasteiger partial charge in [-0.15, -0.1) is 10.2 Å². The summed E-state index contributed by atoms with van der Waals surface area (Å²) in [5, 5.41) is 17.7. The highest BCUT2D eigenvalue weighted by atomic mass is 32.2. The summed E-state index contributed by atoms with van der Waals surface area (Å²) in [5.41, 5.74) is 5.24. The summed E-state index contributed by atoms with van der Waals surface area (Å²) in [4.78, 5) is -1.77. The molecule has 15 heteroatoms. The first-order valence-electron chi connectivity index (χ1n) is 7.96. The van der Waals surface area contributed by atoms with E-state index >= 15 is 0 Å². The van der Waals surface area contributed by atoms with Gasteiger partial charge in [-0.2, -0.15) is 16.8 Å². The van der Waals surface area contributed by atoms with E-state index in [1.54, 1.807) is 0 Å². The number of nitrogens with zero attached hydrogens (tertiary/aromatic N) is 2. The van der Waals surface area contributed by atoms with Crippen LogP contribution in [0.1, 0.15) is 0 Å². The molecular weight excluding hydrogens is 474 g/mol. The fraction of sp³-hybridized carbons (Fsp3) is 0. The lowest BCUT2D eigenvalue weighted by Crippen LogP contribution is -2.00. The van der Waals surface area contributed by atoms with Crippen LogP contribution in [0, 0.1) is 0 Å². The van der Waals surface area contributed by atoms with E-state index in [9.17, 15) is 35.3 Å². The van der Waals surface area contributed by atoms with Gasteiger partial charge in [0.15, 0.2) is 11.1 Å². The predicted octanol–water partition coefficient (Wildman–Crippen LogP) is 2.62. The third-order valence-electron chi connectivity index (χ3n) is 4.06. The Kier molecular flexibility index (Phi) is 5.83. The molecule has 0 heterocycles. The van der Waals surface area contributed by atoms with Crippen LogP contribution in [0.4, 0.5) is 17.1 Å². The van der Waals surface area contributed by atoms with E-state index < -0.39 is 52.5 Å². The Morgan fingerprint density at radius 2 is 1.55 bits per heavy atom. The maximum atomic E-state index is 11.6. The van der Waals surface area contributed by atoms with E-state index in [1.165, 1.54) is 12.1 Å². The van der Waals surface area contributed by atoms with Gasteiger partial charge in [0, 0.05) is 16.8 Å². The lowest BCUT2D eigenvalue weighted by atomic mass is 10.1. The molecule has 6 N–H and O–H groups in total. The Morgan fingerprint density at radius 3 is 2.13 bits per heavy atom. The van der Waals surface area contributed by atoms with E-state index in [4.69, 9.17) is 10.3 Å². The van der Waals surface area contributed by atoms with E-state index in [0.29, 0.717) is 0 Å². The average Bonchev–Trinajstić information content (AvgIpc) is 2.65. The second-order valence-electron chi connectivity index (χ2n) is 6.07. The van der Waals surface area contributed by atoms with Gasteiger partial charge in [0.05, 0.1) is 15.5 Å². The Balaban J connectivity index is 2.26. The number of anilines is 1. The lowest BCUT2D eigenvalue weighted by molar-refractivity contribution is 0.471. The summed E-state index contributed by atoms with van der Waals surface area (Å²) in [6, 6.07) is 7.31. The SMILES string of the molecule is Nc1ccc2c(O)cc(S(=O)(=O)O)cc2c1N=Nc1ccc(S(=O)O)cc1S(=O)(=O)O. The standard InChI is InChI=1S/C16H13N3O9S3/c17-12-3-2-10-11(6-9(7-14(10)20)30(23,24)25)16(12)19-18-13-4-1-8(29(21)22)5-15(13)31(26,27)28/h1-7,20H,17H2,(H,21,22)(H,23,24,25)(H,26,27,28). The zero-order chi connectivity index (χ0) is 23.1. The fourth-order valence-corrected chi connectivity index (χ4v) is 4.30. The maximum absolute atomic E-state index is 11.6. The summed E-state index contributed by atoms with van der Waals surface area (Å²) in [5.74, 6) is -0.505. The minimum Gasteiger partial charge on any atom is -0.507 e. The quantitative estimate of drug-likeness (QED) is 0.153. The zero-order valence-corrected chi connectivity index (χ0v) is 17.5. The minimum atomic E-state index is -4.86. The van der Waals surface area contributed by atoms with Gasteiger partial charge in [-0.25, -0.2) is 4.21 Å². The van der Waals surface area contributed by atoms with Crippen LogP contribution in [-0.4, -0.2) is 39.8 Å². The van der Waals surface area contributed by atoms with Crippen molar-refractivity contribution in [2.75, 3.05) is 5.73 Å². The number of phenolic OH excluding ortho intramolecular Hbond substituents is 1. The minimum absolute atomic E-state index is 0.0298. The molecule has 0 aromatic heterocycles. The molecular formula is C16H13N3O9S3. The molecule has 31 heavy (non-hydrogen) atoms. The van der Waals surface area contributed by atoms with Crippen molar-refractivity contribution in [3.05, 3.63) is 42.5 Å². The van der Waals surface area contributed by atoms with Crippen molar-refractivity contribution in [3.8, 4) is 5.75 Å². The highest BCUT2D eigenvalue weighted by molar-refractivity contribution is 7.86. The van der Waals surface area contributed by atoms with Crippen LogP contribution in [0.15, 0.2) is 67.4 Å². The van der Waals surface area contributed by atoms with Crippen LogP contribution in [0.3, 0.4) is 0 Å². The molecule has 164 valence electrons. The van der Waals surface area contributed by atoms with Crippen molar-refractivity contribution in [1.29, 1.82) is 0 Å². The summed E-state index contributed by atoms with van der Waals surface area (Å²) in [7, 11) is -9.55. The lowest BCUT2D eigenvalue weighted by Gasteiger charge is -2.09. The van der Waals surface area contributed by atoms with Crippen molar-refractivity contribution in [2.45, 2.75) is 14.7 Å². The zero-order valence-electron chi connectivity index (χ0n) is 15.1. The molecule has 0 spiro atoms. The summed E-state index contributed by atoms with van der Waals surface area (Å²) in [6.45, 7) is 0. The number of aromatic hydroxyl groups is 1. The monoisotopic (exact) mass is 487 g/mol. The highest BCUT2D eigenvalue weighted by Crippen LogP contribution is 2.39. The van der Waals surface area contributed by atoms with Gasteiger partial charge in [-0.1, -0.05) is 0 Å². The van der Waals surface area contributed by atoms with E-state index in [1.807, 2.05) is 0 Å². The smallest absolute Gasteiger partial charge is 0.296 e. The number of phenols is 1. The first-order valence-corrected chi connectivity index (χ1v) is 11.9. The van der Waals surface area contributed by atoms with Gasteiger partial charge in [-0.3, -0.25) is 9.11 Å². The number of rotatable bonds is 5. The summed E-state index contributed by atoms with van der Waals surface area (Å²) >= 11 is -2.53. The fourth-order valence-electron chi connectivity index (χ4n) is 2.65. The van der Waals surface area contributed by atoms with E-state index in [-0.39, 0.29) is 27.0 Å². The number of fused-ring (bicyclic) bond motifs is 1. The number of benzene rings is 3. The molecule has 0 bridgehead atoms. The summed E-state index contributed by atoms with van der Waals surface area (Å²) in [6.07, 6.45) is 0. The summed E-state index contributed by atoms with van der Waals surface area (Å²) < 4.78 is 85.2. The largest absolute Gasteiger partial charge is 0.507 e. The van der Waals surface area contributed by atoms with Crippen LogP contribution in [-0.2, 0) is 31.3 Å². The molecule has 3 aromatic rings. The number of nitrogen functional groups attached to an aromatic ring is 1. The molecule has 0 radical (unpaired) electrons. The molecule has 0 saturated heterocycles. The average molecular weight is 487 g/mol. The first kappa shape index (κ1) is 22.7. The van der Waals surface area contributed by atoms with Gasteiger partial charge >= 0.3 is 0 Å². The molecule has 1 atom stereocenters. The molecule has 0 aliphatic carbocycles. The number of hydrogen-bond donors (Lipinski definition) is 5. The third-order valence-corrected chi connectivity index (χ3v) is 6.43. The maximum Gasteiger partial charge on any atom is 0.296 e. The van der Waals surface area contributed by atoms with Crippen LogP contribution in [0.2, 0.25) is 0 Å². The van der Waals surface area contributed by atoms with Crippen molar-refractivity contribution in [2.24, 2.45) is 10.2 Å². The molecule has 0 aliphatic rings. The molecule has 0 fully saturated rings. The van der Waals surface area contributed by atoms with Crippen molar-refractivity contribution >= 4 is 59.2 Å². The normalized spacial score (nSPS) is 13.6. The topological polar surface area (TPSA) is 217 Å². The van der Waals surface area contributed by atoms with Gasteiger partial charge in [0.2, 0.25) is 0 Å². The third kappa shape index (κ3) is 4.71. The second kappa shape index (κ2) is 7.95. The molecule has 1 unspecified atom stereocenters. The van der Waals surface area contributed by atoms with Crippen molar-refractivity contribution in [1.82, 2.24) is 0 Å². The Morgan fingerprint density at radius 1 is 0.871 bits per heavy atom. The predicted molar refractivity (Wildman–Crippen MR) is 109 cm³/mol. The number of azo groups is 1. The molecule has 3 rings (SSSR count). The van der Waals surface area contributed by atoms with E-state index in [2.05, 4.69) is 10.2 Å². The van der Waals surface area contributed by atoms with Crippen LogP contribution in [0.25, 0.3) is 10.8 Å². The Labute approximate surface area is 177 Å². The molecule has 0 aliphatic heterocycles. The van der Waals surface area contributed by atoms with Gasteiger partial charge in [-0.05, 0) is 36.4 Å². The second-order valence-corrected chi connectivity index (χ2v) is 9.85. The van der Waals surface area contributed by atoms with Crippen molar-refractivity contribution in [3.63, 3.8) is 0 Å². The van der Waals surface area contributed by atoms with E-state index in [0.717, 1.165) is 30.3 Å². The number of hydrogen-bond acceptors (Lipinski definition) is 9.